The van der Waals surface area contributed by atoms with E-state index in [9.17, 15) is 0 Å². The van der Waals surface area contributed by atoms with Crippen molar-refractivity contribution in [3.63, 3.8) is 0 Å². The van der Waals surface area contributed by atoms with Crippen LogP contribution in [0.25, 0.3) is 0 Å². The van der Waals surface area contributed by atoms with E-state index in [1.54, 1.807) is 7.05 Å². The van der Waals surface area contributed by atoms with E-state index >= 15 is 0 Å². The summed E-state index contributed by atoms with van der Waals surface area (Å²) in [5.41, 5.74) is 3.49. The number of hydrogen-bond donors (Lipinski definition) is 2. The molecule has 6 heteroatoms. The fourth-order valence-corrected chi connectivity index (χ4v) is 2.39. The Labute approximate surface area is 150 Å². The Balaban J connectivity index is 1.81. The number of nitrogens with one attached hydrogen (secondary N) is 2. The summed E-state index contributed by atoms with van der Waals surface area (Å²) in [5.74, 6) is 1.91. The molecule has 0 unspecified atom stereocenters. The van der Waals surface area contributed by atoms with Gasteiger partial charge in [0.25, 0.3) is 0 Å². The van der Waals surface area contributed by atoms with Gasteiger partial charge in [-0.05, 0) is 31.1 Å². The number of aromatic nitrogens is 1. The van der Waals surface area contributed by atoms with E-state index < -0.39 is 0 Å². The topological polar surface area (TPSA) is 65.7 Å². The summed E-state index contributed by atoms with van der Waals surface area (Å²) in [6.45, 7) is 6.42. The van der Waals surface area contributed by atoms with Crippen molar-refractivity contribution in [2.24, 2.45) is 4.99 Å². The van der Waals surface area contributed by atoms with Crippen molar-refractivity contribution in [2.75, 3.05) is 21.1 Å². The third kappa shape index (κ3) is 6.23. The maximum Gasteiger partial charge on any atom is 0.191 e. The van der Waals surface area contributed by atoms with Gasteiger partial charge in [0.05, 0.1) is 12.2 Å². The zero-order valence-corrected chi connectivity index (χ0v) is 15.8. The molecule has 0 fully saturated rings. The second-order valence-electron chi connectivity index (χ2n) is 6.71. The summed E-state index contributed by atoms with van der Waals surface area (Å²) in [5, 5.41) is 10.6. The van der Waals surface area contributed by atoms with Crippen LogP contribution in [0.5, 0.6) is 0 Å². The van der Waals surface area contributed by atoms with Crippen molar-refractivity contribution >= 4 is 5.96 Å². The van der Waals surface area contributed by atoms with Crippen LogP contribution in [-0.2, 0) is 19.6 Å². The summed E-state index contributed by atoms with van der Waals surface area (Å²) in [6.07, 6.45) is 0. The third-order valence-electron chi connectivity index (χ3n) is 3.80. The van der Waals surface area contributed by atoms with E-state index in [0.29, 0.717) is 12.5 Å². The highest BCUT2D eigenvalue weighted by Gasteiger charge is 2.08. The maximum absolute atomic E-state index is 5.33. The highest BCUT2D eigenvalue weighted by Crippen LogP contribution is 2.13. The molecule has 1 aromatic heterocycles. The molecule has 2 rings (SSSR count). The van der Waals surface area contributed by atoms with Crippen molar-refractivity contribution in [2.45, 2.75) is 39.4 Å². The van der Waals surface area contributed by atoms with Gasteiger partial charge >= 0.3 is 0 Å². The van der Waals surface area contributed by atoms with Crippen molar-refractivity contribution in [3.05, 3.63) is 52.9 Å². The molecule has 2 N–H and O–H groups in total. The summed E-state index contributed by atoms with van der Waals surface area (Å²) >= 11 is 0. The minimum Gasteiger partial charge on any atom is -0.359 e. The number of guanidine groups is 1. The molecule has 136 valence electrons. The maximum atomic E-state index is 5.33. The highest BCUT2D eigenvalue weighted by atomic mass is 16.5. The lowest BCUT2D eigenvalue weighted by Crippen LogP contribution is -2.36. The zero-order valence-electron chi connectivity index (χ0n) is 15.8. The number of hydrogen-bond acceptors (Lipinski definition) is 4. The average Bonchev–Trinajstić information content (AvgIpc) is 3.05. The summed E-state index contributed by atoms with van der Waals surface area (Å²) < 4.78 is 5.33. The monoisotopic (exact) mass is 343 g/mol. The van der Waals surface area contributed by atoms with E-state index in [2.05, 4.69) is 77.9 Å². The van der Waals surface area contributed by atoms with Crippen LogP contribution in [0.3, 0.4) is 0 Å². The van der Waals surface area contributed by atoms with E-state index in [4.69, 9.17) is 4.52 Å². The van der Waals surface area contributed by atoms with Crippen molar-refractivity contribution in [3.8, 4) is 0 Å². The van der Waals surface area contributed by atoms with Gasteiger partial charge in [0.2, 0.25) is 0 Å². The first-order valence-corrected chi connectivity index (χ1v) is 8.60. The predicted molar refractivity (Wildman–Crippen MR) is 101 cm³/mol. The molecule has 0 amide bonds. The van der Waals surface area contributed by atoms with Crippen LogP contribution >= 0.6 is 0 Å². The molecule has 0 aliphatic heterocycles. The van der Waals surface area contributed by atoms with Crippen LogP contribution in [0, 0.1) is 0 Å². The van der Waals surface area contributed by atoms with Gasteiger partial charge in [0, 0.05) is 26.2 Å². The second kappa shape index (κ2) is 9.22. The largest absolute Gasteiger partial charge is 0.359 e. The summed E-state index contributed by atoms with van der Waals surface area (Å²) in [7, 11) is 5.91. The molecular weight excluding hydrogens is 314 g/mol. The molecule has 1 heterocycles. The lowest BCUT2D eigenvalue weighted by molar-refractivity contribution is 0.372. The SMILES string of the molecule is CN=C(NCc1ccc(CN(C)C)cc1)NCc1cc(C(C)C)no1. The van der Waals surface area contributed by atoms with Gasteiger partial charge in [-0.1, -0.05) is 43.3 Å². The Morgan fingerprint density at radius 1 is 1.12 bits per heavy atom. The quantitative estimate of drug-likeness (QED) is 0.598. The van der Waals surface area contributed by atoms with Gasteiger partial charge in [-0.2, -0.15) is 0 Å². The standard InChI is InChI=1S/C19H29N5O/c1-14(2)18-10-17(25-23-18)12-22-19(20-3)21-11-15-6-8-16(9-7-15)13-24(4)5/h6-10,14H,11-13H2,1-5H3,(H2,20,21,22). The van der Waals surface area contributed by atoms with Gasteiger partial charge in [0.1, 0.15) is 0 Å². The van der Waals surface area contributed by atoms with Crippen molar-refractivity contribution in [1.82, 2.24) is 20.7 Å². The Kier molecular flexibility index (Phi) is 7.01. The lowest BCUT2D eigenvalue weighted by Gasteiger charge is -2.12. The molecule has 0 bridgehead atoms. The van der Waals surface area contributed by atoms with Gasteiger partial charge in [0.15, 0.2) is 11.7 Å². The molecule has 0 radical (unpaired) electrons. The molecule has 0 saturated heterocycles. The molecule has 0 aliphatic rings. The molecule has 1 aromatic carbocycles. The van der Waals surface area contributed by atoms with E-state index in [1.165, 1.54) is 11.1 Å². The van der Waals surface area contributed by atoms with Crippen molar-refractivity contribution < 1.29 is 4.52 Å². The van der Waals surface area contributed by atoms with Crippen LogP contribution < -0.4 is 10.6 Å². The highest BCUT2D eigenvalue weighted by molar-refractivity contribution is 5.79. The average molecular weight is 343 g/mol. The van der Waals surface area contributed by atoms with Gasteiger partial charge in [-0.25, -0.2) is 0 Å². The smallest absolute Gasteiger partial charge is 0.191 e. The van der Waals surface area contributed by atoms with Crippen LogP contribution in [0.2, 0.25) is 0 Å². The van der Waals surface area contributed by atoms with E-state index in [1.807, 2.05) is 6.07 Å². The molecular formula is C19H29N5O. The second-order valence-corrected chi connectivity index (χ2v) is 6.71. The van der Waals surface area contributed by atoms with E-state index in [0.717, 1.165) is 30.5 Å². The Hall–Kier alpha value is -2.34. The first-order valence-electron chi connectivity index (χ1n) is 8.60. The Bertz CT molecular complexity index is 673. The molecule has 0 aliphatic carbocycles. The van der Waals surface area contributed by atoms with Crippen LogP contribution in [0.4, 0.5) is 0 Å². The number of nitrogens with zero attached hydrogens (tertiary/aromatic N) is 3. The number of rotatable bonds is 7. The predicted octanol–water partition coefficient (Wildman–Crippen LogP) is 2.72. The molecule has 25 heavy (non-hydrogen) atoms. The van der Waals surface area contributed by atoms with E-state index in [-0.39, 0.29) is 0 Å². The molecule has 0 atom stereocenters. The molecule has 2 aromatic rings. The lowest BCUT2D eigenvalue weighted by atomic mass is 10.1. The molecule has 6 nitrogen and oxygen atoms in total. The first kappa shape index (κ1) is 19.0. The number of aliphatic imine (C=N–C) groups is 1. The van der Waals surface area contributed by atoms with Gasteiger partial charge < -0.3 is 20.1 Å². The number of benzene rings is 1. The summed E-state index contributed by atoms with van der Waals surface area (Å²) in [4.78, 5) is 6.40. The summed E-state index contributed by atoms with van der Waals surface area (Å²) in [6, 6.07) is 10.6. The van der Waals surface area contributed by atoms with Crippen LogP contribution in [0.1, 0.15) is 42.3 Å². The normalized spacial score (nSPS) is 12.0. The zero-order chi connectivity index (χ0) is 18.2. The Morgan fingerprint density at radius 2 is 1.76 bits per heavy atom. The van der Waals surface area contributed by atoms with Crippen LogP contribution in [-0.4, -0.2) is 37.2 Å². The van der Waals surface area contributed by atoms with Crippen molar-refractivity contribution in [1.29, 1.82) is 0 Å². The minimum absolute atomic E-state index is 0.366. The minimum atomic E-state index is 0.366. The fraction of sp³-hybridized carbons (Fsp3) is 0.474. The van der Waals surface area contributed by atoms with Crippen LogP contribution in [0.15, 0.2) is 39.8 Å². The fourth-order valence-electron chi connectivity index (χ4n) is 2.39. The third-order valence-corrected chi connectivity index (χ3v) is 3.80. The van der Waals surface area contributed by atoms with Gasteiger partial charge in [-0.15, -0.1) is 0 Å². The first-order chi connectivity index (χ1) is 12.0. The van der Waals surface area contributed by atoms with Gasteiger partial charge in [-0.3, -0.25) is 4.99 Å². The molecule has 0 saturated carbocycles. The molecule has 0 spiro atoms. The Morgan fingerprint density at radius 3 is 2.32 bits per heavy atom.